The lowest BCUT2D eigenvalue weighted by molar-refractivity contribution is 0.0308. The van der Waals surface area contributed by atoms with E-state index < -0.39 is 0 Å². The smallest absolute Gasteiger partial charge is 0.115 e. The van der Waals surface area contributed by atoms with Crippen molar-refractivity contribution in [3.8, 4) is 5.75 Å². The number of benzene rings is 1. The van der Waals surface area contributed by atoms with Gasteiger partial charge >= 0.3 is 0 Å². The van der Waals surface area contributed by atoms with Gasteiger partial charge < -0.3 is 14.7 Å². The molecule has 1 N–H and O–H groups in total. The maximum absolute atomic E-state index is 9.59. The number of phenolic OH excluding ortho intramolecular Hbond substituents is 1. The van der Waals surface area contributed by atoms with E-state index in [1.807, 2.05) is 12.1 Å². The molecule has 0 aliphatic carbocycles. The highest BCUT2D eigenvalue weighted by Gasteiger charge is 2.22. The molecule has 116 valence electrons. The van der Waals surface area contributed by atoms with Gasteiger partial charge in [-0.2, -0.15) is 0 Å². The van der Waals surface area contributed by atoms with Crippen molar-refractivity contribution in [3.63, 3.8) is 0 Å². The van der Waals surface area contributed by atoms with Crippen LogP contribution in [-0.2, 0) is 11.3 Å². The van der Waals surface area contributed by atoms with Crippen molar-refractivity contribution in [3.05, 3.63) is 29.8 Å². The van der Waals surface area contributed by atoms with E-state index in [4.69, 9.17) is 4.74 Å². The molecule has 1 aromatic rings. The zero-order valence-electron chi connectivity index (χ0n) is 12.7. The molecule has 0 saturated carbocycles. The highest BCUT2D eigenvalue weighted by atomic mass is 16.5. The average molecular weight is 290 g/mol. The van der Waals surface area contributed by atoms with E-state index in [1.54, 1.807) is 6.07 Å². The summed E-state index contributed by atoms with van der Waals surface area (Å²) in [5.41, 5.74) is 1.18. The minimum Gasteiger partial charge on any atom is -0.508 e. The van der Waals surface area contributed by atoms with Crippen molar-refractivity contribution in [1.82, 2.24) is 9.80 Å². The Kier molecular flexibility index (Phi) is 5.12. The van der Waals surface area contributed by atoms with Gasteiger partial charge in [0, 0.05) is 32.8 Å². The normalized spacial score (nSPS) is 25.0. The Morgan fingerprint density at radius 2 is 1.90 bits per heavy atom. The van der Waals surface area contributed by atoms with Crippen LogP contribution in [0, 0.1) is 0 Å². The molecule has 0 spiro atoms. The van der Waals surface area contributed by atoms with Crippen LogP contribution in [-0.4, -0.2) is 60.3 Å². The summed E-state index contributed by atoms with van der Waals surface area (Å²) in [6.07, 6.45) is 4.08. The van der Waals surface area contributed by atoms with Gasteiger partial charge in [0.05, 0.1) is 6.10 Å². The molecule has 1 atom stereocenters. The van der Waals surface area contributed by atoms with E-state index in [9.17, 15) is 5.11 Å². The van der Waals surface area contributed by atoms with E-state index in [0.717, 1.165) is 39.2 Å². The van der Waals surface area contributed by atoms with Crippen molar-refractivity contribution < 1.29 is 9.84 Å². The van der Waals surface area contributed by atoms with E-state index in [1.165, 1.54) is 31.5 Å². The molecule has 0 bridgehead atoms. The molecule has 3 rings (SSSR count). The van der Waals surface area contributed by atoms with Gasteiger partial charge in [0.1, 0.15) is 5.75 Å². The van der Waals surface area contributed by atoms with E-state index >= 15 is 0 Å². The molecule has 4 heteroatoms. The number of rotatable bonds is 4. The van der Waals surface area contributed by atoms with E-state index in [0.29, 0.717) is 11.9 Å². The van der Waals surface area contributed by atoms with Gasteiger partial charge in [-0.1, -0.05) is 12.1 Å². The minimum absolute atomic E-state index is 0.322. The summed E-state index contributed by atoms with van der Waals surface area (Å²) in [4.78, 5) is 4.99. The van der Waals surface area contributed by atoms with Crippen LogP contribution < -0.4 is 0 Å². The summed E-state index contributed by atoms with van der Waals surface area (Å²) < 4.78 is 6.02. The van der Waals surface area contributed by atoms with E-state index in [2.05, 4.69) is 15.9 Å². The SMILES string of the molecule is Oc1cccc(CN2CCCOC(CN3CCCC3)C2)c1. The van der Waals surface area contributed by atoms with Crippen molar-refractivity contribution in [2.45, 2.75) is 31.9 Å². The molecule has 2 heterocycles. The van der Waals surface area contributed by atoms with E-state index in [-0.39, 0.29) is 0 Å². The van der Waals surface area contributed by atoms with Gasteiger partial charge in [-0.05, 0) is 50.0 Å². The lowest BCUT2D eigenvalue weighted by Crippen LogP contribution is -2.39. The number of ether oxygens (including phenoxy) is 1. The van der Waals surface area contributed by atoms with Crippen LogP contribution in [0.5, 0.6) is 5.75 Å². The first-order valence-corrected chi connectivity index (χ1v) is 8.14. The van der Waals surface area contributed by atoms with Crippen molar-refractivity contribution in [1.29, 1.82) is 0 Å². The molecule has 0 radical (unpaired) electrons. The van der Waals surface area contributed by atoms with Gasteiger partial charge in [0.2, 0.25) is 0 Å². The Bertz CT molecular complexity index is 446. The topological polar surface area (TPSA) is 35.9 Å². The van der Waals surface area contributed by atoms with Crippen LogP contribution in [0.4, 0.5) is 0 Å². The van der Waals surface area contributed by atoms with Crippen LogP contribution in [0.3, 0.4) is 0 Å². The van der Waals surface area contributed by atoms with Crippen LogP contribution >= 0.6 is 0 Å². The highest BCUT2D eigenvalue weighted by Crippen LogP contribution is 2.16. The molecule has 0 amide bonds. The number of hydrogen-bond acceptors (Lipinski definition) is 4. The lowest BCUT2D eigenvalue weighted by atomic mass is 10.2. The monoisotopic (exact) mass is 290 g/mol. The first-order chi connectivity index (χ1) is 10.3. The van der Waals surface area contributed by atoms with Crippen LogP contribution in [0.25, 0.3) is 0 Å². The van der Waals surface area contributed by atoms with Crippen LogP contribution in [0.15, 0.2) is 24.3 Å². The molecule has 2 fully saturated rings. The van der Waals surface area contributed by atoms with Crippen molar-refractivity contribution >= 4 is 0 Å². The molecule has 0 aromatic heterocycles. The van der Waals surface area contributed by atoms with Gasteiger partial charge in [0.25, 0.3) is 0 Å². The number of aromatic hydroxyl groups is 1. The fraction of sp³-hybridized carbons (Fsp3) is 0.647. The summed E-state index contributed by atoms with van der Waals surface area (Å²) >= 11 is 0. The molecule has 2 aliphatic rings. The predicted octanol–water partition coefficient (Wildman–Crippen LogP) is 2.08. The molecule has 4 nitrogen and oxygen atoms in total. The lowest BCUT2D eigenvalue weighted by Gasteiger charge is -2.27. The second kappa shape index (κ2) is 7.25. The Morgan fingerprint density at radius 1 is 1.10 bits per heavy atom. The number of nitrogens with zero attached hydrogens (tertiary/aromatic N) is 2. The van der Waals surface area contributed by atoms with Crippen molar-refractivity contribution in [2.75, 3.05) is 39.3 Å². The molecule has 2 saturated heterocycles. The summed E-state index contributed by atoms with van der Waals surface area (Å²) in [6.45, 7) is 7.36. The number of phenols is 1. The second-order valence-electron chi connectivity index (χ2n) is 6.26. The quantitative estimate of drug-likeness (QED) is 0.921. The van der Waals surface area contributed by atoms with Crippen LogP contribution in [0.1, 0.15) is 24.8 Å². The Hall–Kier alpha value is -1.10. The fourth-order valence-electron chi connectivity index (χ4n) is 3.39. The Labute approximate surface area is 127 Å². The van der Waals surface area contributed by atoms with Gasteiger partial charge in [0.15, 0.2) is 0 Å². The van der Waals surface area contributed by atoms with Gasteiger partial charge in [-0.3, -0.25) is 4.90 Å². The minimum atomic E-state index is 0.322. The third-order valence-electron chi connectivity index (χ3n) is 4.41. The van der Waals surface area contributed by atoms with Crippen molar-refractivity contribution in [2.24, 2.45) is 0 Å². The molecular formula is C17H26N2O2. The Morgan fingerprint density at radius 3 is 2.71 bits per heavy atom. The largest absolute Gasteiger partial charge is 0.508 e. The maximum Gasteiger partial charge on any atom is 0.115 e. The maximum atomic E-state index is 9.59. The number of likely N-dealkylation sites (tertiary alicyclic amines) is 1. The Balaban J connectivity index is 1.56. The second-order valence-corrected chi connectivity index (χ2v) is 6.26. The molecule has 2 aliphatic heterocycles. The molecule has 1 unspecified atom stereocenters. The third-order valence-corrected chi connectivity index (χ3v) is 4.41. The first kappa shape index (κ1) is 14.8. The summed E-state index contributed by atoms with van der Waals surface area (Å²) in [5.74, 6) is 0.354. The molecule has 21 heavy (non-hydrogen) atoms. The standard InChI is InChI=1S/C17H26N2O2/c20-16-6-3-5-15(11-16)12-19-9-4-10-21-17(14-19)13-18-7-1-2-8-18/h3,5-6,11,17,20H,1-2,4,7-10,12-14H2. The molecular weight excluding hydrogens is 264 g/mol. The molecule has 1 aromatic carbocycles. The predicted molar refractivity (Wildman–Crippen MR) is 83.4 cm³/mol. The zero-order chi connectivity index (χ0) is 14.5. The van der Waals surface area contributed by atoms with Crippen LogP contribution in [0.2, 0.25) is 0 Å². The zero-order valence-corrected chi connectivity index (χ0v) is 12.7. The number of hydrogen-bond donors (Lipinski definition) is 1. The summed E-state index contributed by atoms with van der Waals surface area (Å²) in [5, 5.41) is 9.59. The third kappa shape index (κ3) is 4.43. The van der Waals surface area contributed by atoms with Gasteiger partial charge in [-0.15, -0.1) is 0 Å². The first-order valence-electron chi connectivity index (χ1n) is 8.14. The average Bonchev–Trinajstić information content (AvgIpc) is 2.86. The summed E-state index contributed by atoms with van der Waals surface area (Å²) in [7, 11) is 0. The summed E-state index contributed by atoms with van der Waals surface area (Å²) in [6, 6.07) is 7.59. The van der Waals surface area contributed by atoms with Gasteiger partial charge in [-0.25, -0.2) is 0 Å². The fourth-order valence-corrected chi connectivity index (χ4v) is 3.39. The highest BCUT2D eigenvalue weighted by molar-refractivity contribution is 5.27.